The minimum atomic E-state index is -0.206. The average molecular weight is 676 g/mol. The summed E-state index contributed by atoms with van der Waals surface area (Å²) in [6.07, 6.45) is 0. The van der Waals surface area contributed by atoms with Crippen LogP contribution >= 0.6 is 0 Å². The third kappa shape index (κ3) is 9.53. The van der Waals surface area contributed by atoms with E-state index < -0.39 is 0 Å². The standard InChI is InChI=1S/C45H42N2O4/c1-49-41-26-35(27-42(28-41)50-2)31-47-43(48)32-51-40-24-20-34(21-25-40)30-46-29-33-18-22-39(23-19-33)45(38-16-10-5-11-17-38)44(36-12-6-3-7-13-36)37-14-8-4-9-15-37/h3-28,46H,29-32H2,1-2H3,(H,47,48)/p+1. The molecule has 0 fully saturated rings. The van der Waals surface area contributed by atoms with Crippen LogP contribution in [0.4, 0.5) is 0 Å². The number of ether oxygens (including phenoxy) is 3. The fourth-order valence-corrected chi connectivity index (χ4v) is 6.03. The Kier molecular flexibility index (Phi) is 11.9. The largest absolute Gasteiger partial charge is 0.497 e. The smallest absolute Gasteiger partial charge is 0.258 e. The van der Waals surface area contributed by atoms with E-state index in [0.29, 0.717) is 23.8 Å². The highest BCUT2D eigenvalue weighted by Gasteiger charge is 2.16. The Morgan fingerprint density at radius 3 is 1.39 bits per heavy atom. The van der Waals surface area contributed by atoms with Gasteiger partial charge in [-0.05, 0) is 75.4 Å². The van der Waals surface area contributed by atoms with Crippen LogP contribution in [-0.4, -0.2) is 26.7 Å². The van der Waals surface area contributed by atoms with Crippen LogP contribution in [0.5, 0.6) is 17.2 Å². The van der Waals surface area contributed by atoms with Gasteiger partial charge in [0.1, 0.15) is 30.3 Å². The molecule has 1 amide bonds. The molecule has 256 valence electrons. The molecule has 6 heteroatoms. The maximum absolute atomic E-state index is 12.4. The van der Waals surface area contributed by atoms with Crippen LogP contribution in [-0.2, 0) is 24.4 Å². The topological polar surface area (TPSA) is 73.4 Å². The fourth-order valence-electron chi connectivity index (χ4n) is 6.03. The number of benzene rings is 6. The highest BCUT2D eigenvalue weighted by molar-refractivity contribution is 6.04. The molecule has 0 atom stereocenters. The van der Waals surface area contributed by atoms with Gasteiger partial charge in [-0.15, -0.1) is 0 Å². The minimum Gasteiger partial charge on any atom is -0.497 e. The van der Waals surface area contributed by atoms with Gasteiger partial charge in [0.2, 0.25) is 0 Å². The van der Waals surface area contributed by atoms with E-state index in [9.17, 15) is 4.79 Å². The maximum atomic E-state index is 12.4. The lowest BCUT2D eigenvalue weighted by Crippen LogP contribution is -2.80. The first-order chi connectivity index (χ1) is 25.1. The summed E-state index contributed by atoms with van der Waals surface area (Å²) in [5.41, 5.74) is 10.5. The number of amides is 1. The van der Waals surface area contributed by atoms with Gasteiger partial charge in [-0.1, -0.05) is 115 Å². The Labute approximate surface area is 300 Å². The predicted molar refractivity (Wildman–Crippen MR) is 203 cm³/mol. The molecule has 6 aromatic carbocycles. The minimum absolute atomic E-state index is 0.0675. The molecule has 0 heterocycles. The van der Waals surface area contributed by atoms with Crippen molar-refractivity contribution in [2.75, 3.05) is 20.8 Å². The van der Waals surface area contributed by atoms with Gasteiger partial charge in [-0.25, -0.2) is 0 Å². The maximum Gasteiger partial charge on any atom is 0.258 e. The summed E-state index contributed by atoms with van der Waals surface area (Å²) in [5.74, 6) is 1.79. The van der Waals surface area contributed by atoms with Crippen LogP contribution in [0, 0.1) is 0 Å². The van der Waals surface area contributed by atoms with E-state index >= 15 is 0 Å². The number of hydrogen-bond donors (Lipinski definition) is 2. The van der Waals surface area contributed by atoms with Gasteiger partial charge in [0.05, 0.1) is 14.2 Å². The van der Waals surface area contributed by atoms with Crippen molar-refractivity contribution in [2.45, 2.75) is 19.6 Å². The molecule has 0 saturated heterocycles. The van der Waals surface area contributed by atoms with Crippen LogP contribution in [0.1, 0.15) is 38.9 Å². The fraction of sp³-hybridized carbons (Fsp3) is 0.133. The zero-order valence-electron chi connectivity index (χ0n) is 29.0. The quantitative estimate of drug-likeness (QED) is 0.110. The summed E-state index contributed by atoms with van der Waals surface area (Å²) in [6.45, 7) is 1.96. The van der Waals surface area contributed by atoms with Crippen LogP contribution in [0.25, 0.3) is 11.1 Å². The van der Waals surface area contributed by atoms with E-state index in [4.69, 9.17) is 14.2 Å². The summed E-state index contributed by atoms with van der Waals surface area (Å²) in [5, 5.41) is 5.17. The summed E-state index contributed by atoms with van der Waals surface area (Å²) >= 11 is 0. The Bertz CT molecular complexity index is 1960. The molecular formula is C45H43N2O4+. The molecule has 3 N–H and O–H groups in total. The molecule has 0 aliphatic carbocycles. The van der Waals surface area contributed by atoms with Gasteiger partial charge in [0.15, 0.2) is 6.61 Å². The molecule has 0 aliphatic rings. The predicted octanol–water partition coefficient (Wildman–Crippen LogP) is 7.67. The van der Waals surface area contributed by atoms with E-state index in [1.54, 1.807) is 20.3 Å². The van der Waals surface area contributed by atoms with Gasteiger partial charge < -0.3 is 24.8 Å². The number of carbonyl (C=O) groups is 1. The van der Waals surface area contributed by atoms with Crippen molar-refractivity contribution in [3.05, 3.63) is 197 Å². The molecule has 0 radical (unpaired) electrons. The molecule has 6 nitrogen and oxygen atoms in total. The Morgan fingerprint density at radius 2 is 0.941 bits per heavy atom. The molecular weight excluding hydrogens is 633 g/mol. The number of quaternary nitrogens is 1. The van der Waals surface area contributed by atoms with E-state index in [2.05, 4.69) is 126 Å². The number of hydrogen-bond acceptors (Lipinski definition) is 4. The van der Waals surface area contributed by atoms with E-state index in [1.807, 2.05) is 36.4 Å². The number of nitrogens with two attached hydrogens (primary N) is 1. The molecule has 0 aromatic heterocycles. The second-order valence-electron chi connectivity index (χ2n) is 12.2. The van der Waals surface area contributed by atoms with Gasteiger partial charge in [-0.2, -0.15) is 0 Å². The monoisotopic (exact) mass is 675 g/mol. The Balaban J connectivity index is 1.06. The number of methoxy groups -OCH3 is 2. The normalized spacial score (nSPS) is 10.6. The number of nitrogens with one attached hydrogen (secondary N) is 1. The molecule has 0 aliphatic heterocycles. The third-order valence-corrected chi connectivity index (χ3v) is 8.63. The molecule has 6 aromatic rings. The highest BCUT2D eigenvalue weighted by Crippen LogP contribution is 2.36. The summed E-state index contributed by atoms with van der Waals surface area (Å²) in [4.78, 5) is 12.4. The lowest BCUT2D eigenvalue weighted by Gasteiger charge is -2.18. The van der Waals surface area contributed by atoms with Crippen molar-refractivity contribution in [3.63, 3.8) is 0 Å². The second kappa shape index (κ2) is 17.5. The van der Waals surface area contributed by atoms with E-state index in [1.165, 1.54) is 44.5 Å². The average Bonchev–Trinajstić information content (AvgIpc) is 3.20. The lowest BCUT2D eigenvalue weighted by atomic mass is 9.85. The van der Waals surface area contributed by atoms with Crippen LogP contribution < -0.4 is 24.8 Å². The third-order valence-electron chi connectivity index (χ3n) is 8.63. The summed E-state index contributed by atoms with van der Waals surface area (Å²) in [7, 11) is 3.20. The summed E-state index contributed by atoms with van der Waals surface area (Å²) in [6, 6.07) is 54.3. The van der Waals surface area contributed by atoms with Gasteiger partial charge in [-0.3, -0.25) is 4.79 Å². The molecule has 0 bridgehead atoms. The molecule has 51 heavy (non-hydrogen) atoms. The van der Waals surface area contributed by atoms with Gasteiger partial charge >= 0.3 is 0 Å². The van der Waals surface area contributed by atoms with Crippen LogP contribution in [0.3, 0.4) is 0 Å². The number of carbonyl (C=O) groups excluding carboxylic acids is 1. The Morgan fingerprint density at radius 1 is 0.510 bits per heavy atom. The van der Waals surface area contributed by atoms with Crippen LogP contribution in [0.15, 0.2) is 158 Å². The lowest BCUT2D eigenvalue weighted by molar-refractivity contribution is -0.686. The first kappa shape index (κ1) is 34.7. The Hall–Kier alpha value is -6.11. The van der Waals surface area contributed by atoms with Crippen molar-refractivity contribution in [2.24, 2.45) is 0 Å². The molecule has 0 spiro atoms. The zero-order valence-corrected chi connectivity index (χ0v) is 29.0. The zero-order chi connectivity index (χ0) is 35.3. The molecule has 0 unspecified atom stereocenters. The SMILES string of the molecule is COc1cc(CNC(=O)COc2ccc(C[NH2+]Cc3ccc(C(=C(c4ccccc4)c4ccccc4)c4ccccc4)cc3)cc2)cc(OC)c1. The summed E-state index contributed by atoms with van der Waals surface area (Å²) < 4.78 is 16.3. The van der Waals surface area contributed by atoms with Crippen molar-refractivity contribution in [1.82, 2.24) is 5.32 Å². The van der Waals surface area contributed by atoms with E-state index in [-0.39, 0.29) is 12.5 Å². The van der Waals surface area contributed by atoms with Gasteiger partial charge in [0, 0.05) is 23.7 Å². The second-order valence-corrected chi connectivity index (χ2v) is 12.2. The van der Waals surface area contributed by atoms with Crippen molar-refractivity contribution < 1.29 is 24.3 Å². The van der Waals surface area contributed by atoms with E-state index in [0.717, 1.165) is 18.7 Å². The van der Waals surface area contributed by atoms with Crippen LogP contribution in [0.2, 0.25) is 0 Å². The molecule has 6 rings (SSSR count). The first-order valence-corrected chi connectivity index (χ1v) is 17.1. The molecule has 0 saturated carbocycles. The van der Waals surface area contributed by atoms with Crippen molar-refractivity contribution in [3.8, 4) is 17.2 Å². The first-order valence-electron chi connectivity index (χ1n) is 17.1. The number of rotatable bonds is 15. The highest BCUT2D eigenvalue weighted by atomic mass is 16.5. The van der Waals surface area contributed by atoms with Crippen molar-refractivity contribution in [1.29, 1.82) is 0 Å². The van der Waals surface area contributed by atoms with Gasteiger partial charge in [0.25, 0.3) is 5.91 Å². The van der Waals surface area contributed by atoms with Crippen molar-refractivity contribution >= 4 is 17.1 Å².